The number of aromatic nitrogens is 2. The van der Waals surface area contributed by atoms with Gasteiger partial charge in [0.05, 0.1) is 11.8 Å². The Bertz CT molecular complexity index is 809. The third-order valence-corrected chi connectivity index (χ3v) is 4.25. The molecule has 0 saturated carbocycles. The molecule has 0 spiro atoms. The van der Waals surface area contributed by atoms with Crippen LogP contribution in [-0.4, -0.2) is 22.2 Å². The zero-order valence-electron chi connectivity index (χ0n) is 14.0. The number of para-hydroxylation sites is 1. The molecule has 0 fully saturated rings. The zero-order valence-corrected chi connectivity index (χ0v) is 14.0. The van der Waals surface area contributed by atoms with E-state index in [1.165, 1.54) is 5.56 Å². The van der Waals surface area contributed by atoms with Crippen molar-refractivity contribution in [1.82, 2.24) is 9.78 Å². The van der Waals surface area contributed by atoms with E-state index in [4.69, 9.17) is 0 Å². The highest BCUT2D eigenvalue weighted by molar-refractivity contribution is 6.06. The molecule has 4 nitrogen and oxygen atoms in total. The molecule has 0 aliphatic carbocycles. The van der Waals surface area contributed by atoms with Gasteiger partial charge in [0, 0.05) is 25.0 Å². The molecule has 0 bridgehead atoms. The van der Waals surface area contributed by atoms with Crippen LogP contribution in [0.25, 0.3) is 0 Å². The zero-order chi connectivity index (χ0) is 16.9. The van der Waals surface area contributed by atoms with Gasteiger partial charge >= 0.3 is 0 Å². The van der Waals surface area contributed by atoms with Gasteiger partial charge in [-0.3, -0.25) is 9.48 Å². The minimum atomic E-state index is -0.0114. The lowest BCUT2D eigenvalue weighted by Crippen LogP contribution is -2.33. The summed E-state index contributed by atoms with van der Waals surface area (Å²) in [5, 5.41) is 4.20. The molecule has 0 radical (unpaired) electrons. The van der Waals surface area contributed by atoms with Gasteiger partial charge in [-0.2, -0.15) is 5.10 Å². The van der Waals surface area contributed by atoms with Crippen molar-refractivity contribution in [1.29, 1.82) is 0 Å². The number of amides is 1. The second-order valence-electron chi connectivity index (χ2n) is 5.80. The molecule has 3 aromatic rings. The van der Waals surface area contributed by atoms with Crippen LogP contribution in [0.2, 0.25) is 0 Å². The van der Waals surface area contributed by atoms with Crippen molar-refractivity contribution >= 4 is 11.6 Å². The summed E-state index contributed by atoms with van der Waals surface area (Å²) < 4.78 is 1.73. The number of carbonyl (C=O) groups is 1. The quantitative estimate of drug-likeness (QED) is 0.720. The van der Waals surface area contributed by atoms with E-state index in [0.717, 1.165) is 17.8 Å². The molecule has 4 heteroatoms. The van der Waals surface area contributed by atoms with Crippen molar-refractivity contribution in [3.8, 4) is 0 Å². The largest absolute Gasteiger partial charge is 0.308 e. The summed E-state index contributed by atoms with van der Waals surface area (Å²) >= 11 is 0. The maximum atomic E-state index is 13.1. The van der Waals surface area contributed by atoms with Crippen LogP contribution in [0.1, 0.15) is 21.6 Å². The van der Waals surface area contributed by atoms with Crippen LogP contribution in [0, 0.1) is 6.92 Å². The fourth-order valence-corrected chi connectivity index (χ4v) is 2.70. The van der Waals surface area contributed by atoms with Crippen molar-refractivity contribution in [2.24, 2.45) is 7.05 Å². The molecule has 0 N–H and O–H groups in total. The van der Waals surface area contributed by atoms with E-state index in [1.807, 2.05) is 67.4 Å². The highest BCUT2D eigenvalue weighted by Gasteiger charge is 2.21. The van der Waals surface area contributed by atoms with E-state index in [-0.39, 0.29) is 5.91 Å². The van der Waals surface area contributed by atoms with Crippen molar-refractivity contribution in [3.05, 3.63) is 83.7 Å². The van der Waals surface area contributed by atoms with E-state index < -0.39 is 0 Å². The number of aryl methyl sites for hydroxylation is 1. The molecule has 0 unspecified atom stereocenters. The van der Waals surface area contributed by atoms with Crippen molar-refractivity contribution in [2.45, 2.75) is 13.3 Å². The Labute approximate surface area is 142 Å². The number of benzene rings is 2. The lowest BCUT2D eigenvalue weighted by atomic mass is 10.1. The molecule has 0 saturated heterocycles. The number of carbonyl (C=O) groups excluding carboxylic acids is 1. The van der Waals surface area contributed by atoms with Crippen molar-refractivity contribution < 1.29 is 4.79 Å². The van der Waals surface area contributed by atoms with Crippen LogP contribution in [0.3, 0.4) is 0 Å². The number of nitrogens with zero attached hydrogens (tertiary/aromatic N) is 3. The van der Waals surface area contributed by atoms with Crippen molar-refractivity contribution in [3.63, 3.8) is 0 Å². The van der Waals surface area contributed by atoms with Crippen LogP contribution in [0.15, 0.2) is 66.9 Å². The first-order chi connectivity index (χ1) is 11.7. The van der Waals surface area contributed by atoms with Gasteiger partial charge in [0.2, 0.25) is 0 Å². The topological polar surface area (TPSA) is 38.1 Å². The molecule has 122 valence electrons. The number of hydrogen-bond acceptors (Lipinski definition) is 2. The fraction of sp³-hybridized carbons (Fsp3) is 0.200. The molecule has 2 aromatic carbocycles. The smallest absolute Gasteiger partial charge is 0.261 e. The van der Waals surface area contributed by atoms with Gasteiger partial charge < -0.3 is 4.90 Å². The van der Waals surface area contributed by atoms with Crippen LogP contribution in [-0.2, 0) is 13.5 Å². The standard InChI is InChI=1S/C20H21N3O/c1-16-19(15-21-22(16)2)20(24)23(18-11-7-4-8-12-18)14-13-17-9-5-3-6-10-17/h3-12,15H,13-14H2,1-2H3. The summed E-state index contributed by atoms with van der Waals surface area (Å²) in [6.07, 6.45) is 2.46. The first-order valence-corrected chi connectivity index (χ1v) is 8.06. The normalized spacial score (nSPS) is 10.6. The predicted octanol–water partition coefficient (Wildman–Crippen LogP) is 3.62. The van der Waals surface area contributed by atoms with Crippen LogP contribution in [0.4, 0.5) is 5.69 Å². The number of hydrogen-bond donors (Lipinski definition) is 0. The molecule has 1 aromatic heterocycles. The molecule has 0 atom stereocenters. The summed E-state index contributed by atoms with van der Waals surface area (Å²) in [4.78, 5) is 14.9. The van der Waals surface area contributed by atoms with E-state index in [1.54, 1.807) is 10.9 Å². The predicted molar refractivity (Wildman–Crippen MR) is 96.2 cm³/mol. The Morgan fingerprint density at radius 3 is 2.25 bits per heavy atom. The molecular weight excluding hydrogens is 298 g/mol. The minimum absolute atomic E-state index is 0.0114. The van der Waals surface area contributed by atoms with Crippen LogP contribution < -0.4 is 4.90 Å². The first-order valence-electron chi connectivity index (χ1n) is 8.06. The molecule has 0 aliphatic heterocycles. The van der Waals surface area contributed by atoms with E-state index in [9.17, 15) is 4.79 Å². The molecule has 0 aliphatic rings. The fourth-order valence-electron chi connectivity index (χ4n) is 2.70. The molecule has 1 heterocycles. The SMILES string of the molecule is Cc1c(C(=O)N(CCc2ccccc2)c2ccccc2)cnn1C. The summed E-state index contributed by atoms with van der Waals surface area (Å²) in [5.41, 5.74) is 3.64. The average Bonchev–Trinajstić information content (AvgIpc) is 2.96. The molecule has 1 amide bonds. The van der Waals surface area contributed by atoms with Gasteiger partial charge in [-0.15, -0.1) is 0 Å². The van der Waals surface area contributed by atoms with E-state index in [0.29, 0.717) is 12.1 Å². The van der Waals surface area contributed by atoms with Gasteiger partial charge in [0.15, 0.2) is 0 Å². The van der Waals surface area contributed by atoms with Gasteiger partial charge in [-0.1, -0.05) is 48.5 Å². The van der Waals surface area contributed by atoms with Gasteiger partial charge in [0.25, 0.3) is 5.91 Å². The van der Waals surface area contributed by atoms with Gasteiger partial charge in [0.1, 0.15) is 0 Å². The Kier molecular flexibility index (Phi) is 4.75. The highest BCUT2D eigenvalue weighted by atomic mass is 16.2. The summed E-state index contributed by atoms with van der Waals surface area (Å²) in [6.45, 7) is 2.54. The number of rotatable bonds is 5. The second-order valence-corrected chi connectivity index (χ2v) is 5.80. The maximum absolute atomic E-state index is 13.1. The van der Waals surface area contributed by atoms with Crippen LogP contribution in [0.5, 0.6) is 0 Å². The Morgan fingerprint density at radius 2 is 1.67 bits per heavy atom. The molecular formula is C20H21N3O. The Hall–Kier alpha value is -2.88. The Balaban J connectivity index is 1.87. The maximum Gasteiger partial charge on any atom is 0.261 e. The van der Waals surface area contributed by atoms with Gasteiger partial charge in [-0.25, -0.2) is 0 Å². The summed E-state index contributed by atoms with van der Waals surface area (Å²) in [5.74, 6) is -0.0114. The number of anilines is 1. The monoisotopic (exact) mass is 319 g/mol. The lowest BCUT2D eigenvalue weighted by molar-refractivity contribution is 0.0986. The first kappa shape index (κ1) is 16.0. The highest BCUT2D eigenvalue weighted by Crippen LogP contribution is 2.19. The van der Waals surface area contributed by atoms with E-state index in [2.05, 4.69) is 17.2 Å². The average molecular weight is 319 g/mol. The minimum Gasteiger partial charge on any atom is -0.308 e. The molecule has 24 heavy (non-hydrogen) atoms. The third-order valence-electron chi connectivity index (χ3n) is 4.25. The van der Waals surface area contributed by atoms with Gasteiger partial charge in [-0.05, 0) is 31.0 Å². The van der Waals surface area contributed by atoms with Crippen molar-refractivity contribution in [2.75, 3.05) is 11.4 Å². The summed E-state index contributed by atoms with van der Waals surface area (Å²) in [7, 11) is 1.85. The Morgan fingerprint density at radius 1 is 1.04 bits per heavy atom. The molecule has 3 rings (SSSR count). The van der Waals surface area contributed by atoms with E-state index >= 15 is 0 Å². The summed E-state index contributed by atoms with van der Waals surface area (Å²) in [6, 6.07) is 20.0. The lowest BCUT2D eigenvalue weighted by Gasteiger charge is -2.23. The third kappa shape index (κ3) is 3.38. The van der Waals surface area contributed by atoms with Crippen LogP contribution >= 0.6 is 0 Å². The second kappa shape index (κ2) is 7.13.